The number of aryl methyl sites for hydroxylation is 1. The third-order valence-corrected chi connectivity index (χ3v) is 5.25. The lowest BCUT2D eigenvalue weighted by molar-refractivity contribution is -0.146. The number of nitrogens with zero attached hydrogens (tertiary/aromatic N) is 2. The number of hydrogen-bond acceptors (Lipinski definition) is 5. The number of esters is 1. The molecule has 112 valence electrons. The third kappa shape index (κ3) is 2.85. The first kappa shape index (κ1) is 15.0. The molecule has 0 radical (unpaired) electrons. The summed E-state index contributed by atoms with van der Waals surface area (Å²) in [5, 5.41) is 0.0832. The number of carbonyl (C=O) groups excluding carboxylic acids is 1. The van der Waals surface area contributed by atoms with E-state index < -0.39 is 15.9 Å². The first-order valence-electron chi connectivity index (χ1n) is 6.61. The summed E-state index contributed by atoms with van der Waals surface area (Å²) in [7, 11) is -2.30. The average Bonchev–Trinajstić information content (AvgIpc) is 2.96. The van der Waals surface area contributed by atoms with E-state index in [-0.39, 0.29) is 17.5 Å². The molecule has 0 amide bonds. The molecule has 7 nitrogen and oxygen atoms in total. The first-order chi connectivity index (χ1) is 9.48. The maximum Gasteiger partial charge on any atom is 0.309 e. The number of H-pyrrole nitrogens is 1. The second-order valence-corrected chi connectivity index (χ2v) is 6.68. The summed E-state index contributed by atoms with van der Waals surface area (Å²) in [6.07, 6.45) is 3.27. The molecular formula is C12H19N3O4S. The number of rotatable bonds is 4. The van der Waals surface area contributed by atoms with Crippen molar-refractivity contribution in [2.75, 3.05) is 20.2 Å². The predicted molar refractivity (Wildman–Crippen MR) is 71.5 cm³/mol. The molecule has 1 aromatic heterocycles. The van der Waals surface area contributed by atoms with Crippen LogP contribution >= 0.6 is 0 Å². The molecule has 1 N–H and O–H groups in total. The first-order valence-corrected chi connectivity index (χ1v) is 8.05. The number of methoxy groups -OCH3 is 1. The van der Waals surface area contributed by atoms with E-state index >= 15 is 0 Å². The van der Waals surface area contributed by atoms with E-state index in [1.54, 1.807) is 0 Å². The van der Waals surface area contributed by atoms with Gasteiger partial charge < -0.3 is 9.72 Å². The minimum absolute atomic E-state index is 0.0832. The van der Waals surface area contributed by atoms with E-state index in [9.17, 15) is 13.2 Å². The fraction of sp³-hybridized carbons (Fsp3) is 0.667. The van der Waals surface area contributed by atoms with Gasteiger partial charge in [-0.2, -0.15) is 4.31 Å². The molecule has 1 aliphatic heterocycles. The Hall–Kier alpha value is -1.41. The lowest BCUT2D eigenvalue weighted by Gasteiger charge is -2.29. The van der Waals surface area contributed by atoms with Crippen LogP contribution in [-0.2, 0) is 26.0 Å². The zero-order chi connectivity index (χ0) is 14.8. The largest absolute Gasteiger partial charge is 0.469 e. The lowest BCUT2D eigenvalue weighted by Crippen LogP contribution is -2.42. The zero-order valence-electron chi connectivity index (χ0n) is 11.6. The van der Waals surface area contributed by atoms with Crippen molar-refractivity contribution in [1.82, 2.24) is 14.3 Å². The maximum atomic E-state index is 12.5. The Kier molecular flexibility index (Phi) is 4.44. The van der Waals surface area contributed by atoms with Crippen molar-refractivity contribution in [3.8, 4) is 0 Å². The number of hydrogen-bond donors (Lipinski definition) is 1. The normalized spacial score (nSPS) is 20.8. The van der Waals surface area contributed by atoms with Gasteiger partial charge in [-0.05, 0) is 12.8 Å². The summed E-state index contributed by atoms with van der Waals surface area (Å²) < 4.78 is 31.0. The summed E-state index contributed by atoms with van der Waals surface area (Å²) >= 11 is 0. The summed E-state index contributed by atoms with van der Waals surface area (Å²) in [6.45, 7) is 2.47. The number of nitrogens with one attached hydrogen (secondary N) is 1. The van der Waals surface area contributed by atoms with Crippen LogP contribution in [0.4, 0.5) is 0 Å². The minimum Gasteiger partial charge on any atom is -0.469 e. The fourth-order valence-electron chi connectivity index (χ4n) is 2.31. The van der Waals surface area contributed by atoms with Crippen molar-refractivity contribution in [2.45, 2.75) is 31.2 Å². The molecule has 0 aromatic carbocycles. The molecule has 1 aliphatic rings. The number of carbonyl (C=O) groups is 1. The van der Waals surface area contributed by atoms with Gasteiger partial charge in [-0.15, -0.1) is 0 Å². The number of sulfonamides is 1. The van der Waals surface area contributed by atoms with Crippen molar-refractivity contribution in [3.05, 3.63) is 12.0 Å². The highest BCUT2D eigenvalue weighted by Gasteiger charge is 2.34. The fourth-order valence-corrected chi connectivity index (χ4v) is 3.77. The maximum absolute atomic E-state index is 12.5. The molecule has 20 heavy (non-hydrogen) atoms. The number of ether oxygens (including phenoxy) is 1. The average molecular weight is 301 g/mol. The molecule has 0 bridgehead atoms. The predicted octanol–water partition coefficient (Wildman–Crippen LogP) is 0.546. The molecule has 1 saturated heterocycles. The molecule has 8 heteroatoms. The van der Waals surface area contributed by atoms with E-state index in [1.807, 2.05) is 6.92 Å². The quantitative estimate of drug-likeness (QED) is 0.820. The van der Waals surface area contributed by atoms with Crippen LogP contribution in [0, 0.1) is 5.92 Å². The van der Waals surface area contributed by atoms with Crippen LogP contribution in [0.25, 0.3) is 0 Å². The highest BCUT2D eigenvalue weighted by molar-refractivity contribution is 7.89. The Labute approximate surface area is 118 Å². The molecule has 1 atom stereocenters. The van der Waals surface area contributed by atoms with Crippen LogP contribution in [0.5, 0.6) is 0 Å². The topological polar surface area (TPSA) is 92.4 Å². The summed E-state index contributed by atoms with van der Waals surface area (Å²) in [4.78, 5) is 18.4. The molecule has 2 rings (SSSR count). The Morgan fingerprint density at radius 3 is 2.95 bits per heavy atom. The van der Waals surface area contributed by atoms with Gasteiger partial charge >= 0.3 is 5.97 Å². The van der Waals surface area contributed by atoms with Crippen LogP contribution < -0.4 is 0 Å². The van der Waals surface area contributed by atoms with Crippen LogP contribution in [0.1, 0.15) is 25.6 Å². The third-order valence-electron chi connectivity index (χ3n) is 3.48. The van der Waals surface area contributed by atoms with Gasteiger partial charge in [-0.1, -0.05) is 6.92 Å². The van der Waals surface area contributed by atoms with E-state index in [0.29, 0.717) is 31.6 Å². The van der Waals surface area contributed by atoms with Crippen molar-refractivity contribution >= 4 is 16.0 Å². The van der Waals surface area contributed by atoms with E-state index in [1.165, 1.54) is 17.6 Å². The van der Waals surface area contributed by atoms with Gasteiger partial charge in [0.25, 0.3) is 10.0 Å². The van der Waals surface area contributed by atoms with Crippen molar-refractivity contribution in [2.24, 2.45) is 5.92 Å². The smallest absolute Gasteiger partial charge is 0.309 e. The minimum atomic E-state index is -3.62. The molecule has 0 unspecified atom stereocenters. The Morgan fingerprint density at radius 2 is 2.35 bits per heavy atom. The highest BCUT2D eigenvalue weighted by atomic mass is 32.2. The summed E-state index contributed by atoms with van der Waals surface area (Å²) in [5.74, 6) is -0.119. The molecule has 0 spiro atoms. The second kappa shape index (κ2) is 5.92. The molecule has 2 heterocycles. The summed E-state index contributed by atoms with van der Waals surface area (Å²) in [6, 6.07) is 0. The monoisotopic (exact) mass is 301 g/mol. The molecule has 0 aliphatic carbocycles. The highest BCUT2D eigenvalue weighted by Crippen LogP contribution is 2.23. The number of aromatic nitrogens is 2. The SMILES string of the molecule is CCc1ncc(S(=O)(=O)N2CCC[C@H](C(=O)OC)C2)[nH]1. The second-order valence-electron chi connectivity index (χ2n) is 4.77. The van der Waals surface area contributed by atoms with Gasteiger partial charge in [0.1, 0.15) is 5.82 Å². The number of piperidine rings is 1. The zero-order valence-corrected chi connectivity index (χ0v) is 12.4. The Morgan fingerprint density at radius 1 is 1.60 bits per heavy atom. The van der Waals surface area contributed by atoms with Crippen molar-refractivity contribution in [3.63, 3.8) is 0 Å². The van der Waals surface area contributed by atoms with Gasteiger partial charge in [-0.3, -0.25) is 4.79 Å². The van der Waals surface area contributed by atoms with Crippen LogP contribution in [-0.4, -0.2) is 48.9 Å². The number of aromatic amines is 1. The van der Waals surface area contributed by atoms with Gasteiger partial charge in [0, 0.05) is 19.5 Å². The Balaban J connectivity index is 2.18. The Bertz CT molecular complexity index is 581. The van der Waals surface area contributed by atoms with E-state index in [2.05, 4.69) is 9.97 Å². The van der Waals surface area contributed by atoms with Gasteiger partial charge in [0.05, 0.1) is 19.2 Å². The van der Waals surface area contributed by atoms with Gasteiger partial charge in [-0.25, -0.2) is 13.4 Å². The molecule has 0 saturated carbocycles. The molecule has 1 aromatic rings. The lowest BCUT2D eigenvalue weighted by atomic mass is 10.0. The van der Waals surface area contributed by atoms with Gasteiger partial charge in [0.2, 0.25) is 0 Å². The van der Waals surface area contributed by atoms with Crippen molar-refractivity contribution in [1.29, 1.82) is 0 Å². The molecular weight excluding hydrogens is 282 g/mol. The van der Waals surface area contributed by atoms with Crippen LogP contribution in [0.3, 0.4) is 0 Å². The van der Waals surface area contributed by atoms with E-state index in [0.717, 1.165) is 0 Å². The van der Waals surface area contributed by atoms with Gasteiger partial charge in [0.15, 0.2) is 5.03 Å². The standard InChI is InChI=1S/C12H19N3O4S/c1-3-10-13-7-11(14-10)20(17,18)15-6-4-5-9(8-15)12(16)19-2/h7,9H,3-6,8H2,1-2H3,(H,13,14)/t9-/m0/s1. The molecule has 1 fully saturated rings. The number of imidazole rings is 1. The van der Waals surface area contributed by atoms with Crippen LogP contribution in [0.2, 0.25) is 0 Å². The van der Waals surface area contributed by atoms with E-state index in [4.69, 9.17) is 4.74 Å². The van der Waals surface area contributed by atoms with Crippen molar-refractivity contribution < 1.29 is 17.9 Å². The van der Waals surface area contributed by atoms with Crippen LogP contribution in [0.15, 0.2) is 11.2 Å². The summed E-state index contributed by atoms with van der Waals surface area (Å²) in [5.41, 5.74) is 0.